The summed E-state index contributed by atoms with van der Waals surface area (Å²) in [6.45, 7) is 3.49. The fourth-order valence-electron chi connectivity index (χ4n) is 3.28. The molecule has 0 radical (unpaired) electrons. The summed E-state index contributed by atoms with van der Waals surface area (Å²) >= 11 is 1.46. The van der Waals surface area contributed by atoms with Crippen LogP contribution in [0.1, 0.15) is 42.7 Å². The number of aryl methyl sites for hydroxylation is 4. The molecule has 0 unspecified atom stereocenters. The van der Waals surface area contributed by atoms with Gasteiger partial charge < -0.3 is 4.42 Å². The molecule has 132 valence electrons. The average molecular weight is 366 g/mol. The SMILES string of the molecule is Cc1cc(C(=O)NNC(=O)c2cc3c(s2)-c2ccccc2CC3)c(C)o1. The first-order valence-corrected chi connectivity index (χ1v) is 9.23. The normalized spacial score (nSPS) is 12.2. The number of benzene rings is 1. The van der Waals surface area contributed by atoms with Crippen LogP contribution in [0.25, 0.3) is 10.4 Å². The summed E-state index contributed by atoms with van der Waals surface area (Å²) in [5.41, 5.74) is 9.07. The number of furan rings is 1. The number of thiophene rings is 1. The van der Waals surface area contributed by atoms with Crippen LogP contribution in [0.3, 0.4) is 0 Å². The van der Waals surface area contributed by atoms with E-state index in [1.165, 1.54) is 28.0 Å². The Morgan fingerprint density at radius 2 is 1.73 bits per heavy atom. The van der Waals surface area contributed by atoms with Gasteiger partial charge in [-0.1, -0.05) is 24.3 Å². The summed E-state index contributed by atoms with van der Waals surface area (Å²) in [6.07, 6.45) is 1.91. The van der Waals surface area contributed by atoms with Crippen molar-refractivity contribution in [1.82, 2.24) is 10.9 Å². The van der Waals surface area contributed by atoms with Crippen molar-refractivity contribution in [3.8, 4) is 10.4 Å². The highest BCUT2D eigenvalue weighted by Gasteiger charge is 2.22. The van der Waals surface area contributed by atoms with E-state index in [1.807, 2.05) is 18.2 Å². The number of hydrogen-bond acceptors (Lipinski definition) is 4. The average Bonchev–Trinajstić information content (AvgIpc) is 3.22. The number of carbonyl (C=O) groups is 2. The van der Waals surface area contributed by atoms with Crippen LogP contribution in [-0.4, -0.2) is 11.8 Å². The molecule has 26 heavy (non-hydrogen) atoms. The van der Waals surface area contributed by atoms with Gasteiger partial charge in [-0.2, -0.15) is 0 Å². The minimum atomic E-state index is -0.389. The molecule has 0 bridgehead atoms. The molecular formula is C20H18N2O3S. The molecule has 2 heterocycles. The van der Waals surface area contributed by atoms with Crippen LogP contribution in [0.5, 0.6) is 0 Å². The van der Waals surface area contributed by atoms with Gasteiger partial charge in [-0.05, 0) is 55.5 Å². The summed E-state index contributed by atoms with van der Waals surface area (Å²) in [7, 11) is 0. The van der Waals surface area contributed by atoms with Gasteiger partial charge in [0.1, 0.15) is 11.5 Å². The Morgan fingerprint density at radius 3 is 2.50 bits per heavy atom. The summed E-state index contributed by atoms with van der Waals surface area (Å²) in [5, 5.41) is 0. The van der Waals surface area contributed by atoms with Crippen molar-refractivity contribution in [2.24, 2.45) is 0 Å². The standard InChI is InChI=1S/C20H18N2O3S/c1-11-9-16(12(2)25-11)19(23)21-22-20(24)17-10-14-8-7-13-5-3-4-6-15(13)18(14)26-17/h3-6,9-10H,7-8H2,1-2H3,(H,21,23)(H,22,24). The Bertz CT molecular complexity index is 1020. The molecule has 0 fully saturated rings. The highest BCUT2D eigenvalue weighted by atomic mass is 32.1. The van der Waals surface area contributed by atoms with Gasteiger partial charge in [0.05, 0.1) is 10.4 Å². The van der Waals surface area contributed by atoms with Gasteiger partial charge in [0.2, 0.25) is 0 Å². The molecule has 0 atom stereocenters. The zero-order valence-electron chi connectivity index (χ0n) is 14.5. The number of amides is 2. The zero-order valence-corrected chi connectivity index (χ0v) is 15.3. The van der Waals surface area contributed by atoms with Crippen molar-refractivity contribution in [2.45, 2.75) is 26.7 Å². The molecule has 0 spiro atoms. The van der Waals surface area contributed by atoms with Gasteiger partial charge in [0, 0.05) is 4.88 Å². The maximum absolute atomic E-state index is 12.5. The number of carbonyl (C=O) groups excluding carboxylic acids is 2. The third kappa shape index (κ3) is 2.93. The molecule has 1 aliphatic carbocycles. The van der Waals surface area contributed by atoms with Crippen molar-refractivity contribution in [2.75, 3.05) is 0 Å². The van der Waals surface area contributed by atoms with Gasteiger partial charge in [-0.25, -0.2) is 0 Å². The van der Waals surface area contributed by atoms with Gasteiger partial charge in [0.15, 0.2) is 0 Å². The maximum atomic E-state index is 12.5. The van der Waals surface area contributed by atoms with Gasteiger partial charge >= 0.3 is 0 Å². The summed E-state index contributed by atoms with van der Waals surface area (Å²) in [4.78, 5) is 26.4. The second-order valence-corrected chi connectivity index (χ2v) is 7.41. The zero-order chi connectivity index (χ0) is 18.3. The van der Waals surface area contributed by atoms with Crippen LogP contribution >= 0.6 is 11.3 Å². The van der Waals surface area contributed by atoms with E-state index in [0.717, 1.165) is 17.7 Å². The number of nitrogens with one attached hydrogen (secondary N) is 2. The lowest BCUT2D eigenvalue weighted by atomic mass is 9.91. The fourth-order valence-corrected chi connectivity index (χ4v) is 4.45. The van der Waals surface area contributed by atoms with E-state index in [4.69, 9.17) is 4.42 Å². The molecule has 2 N–H and O–H groups in total. The Labute approximate surface area is 155 Å². The van der Waals surface area contributed by atoms with E-state index in [2.05, 4.69) is 23.0 Å². The Hall–Kier alpha value is -2.86. The monoisotopic (exact) mass is 366 g/mol. The molecule has 0 saturated heterocycles. The van der Waals surface area contributed by atoms with Gasteiger partial charge in [-0.3, -0.25) is 20.4 Å². The maximum Gasteiger partial charge on any atom is 0.279 e. The summed E-state index contributed by atoms with van der Waals surface area (Å²) < 4.78 is 5.34. The molecule has 2 amide bonds. The first-order valence-electron chi connectivity index (χ1n) is 8.41. The van der Waals surface area contributed by atoms with E-state index in [0.29, 0.717) is 22.0 Å². The molecule has 4 rings (SSSR count). The molecule has 3 aromatic rings. The van der Waals surface area contributed by atoms with E-state index >= 15 is 0 Å². The van der Waals surface area contributed by atoms with Gasteiger partial charge in [-0.15, -0.1) is 11.3 Å². The highest BCUT2D eigenvalue weighted by molar-refractivity contribution is 7.17. The molecular weight excluding hydrogens is 348 g/mol. The minimum Gasteiger partial charge on any atom is -0.466 e. The summed E-state index contributed by atoms with van der Waals surface area (Å²) in [6, 6.07) is 11.9. The van der Waals surface area contributed by atoms with E-state index in [-0.39, 0.29) is 11.8 Å². The first-order chi connectivity index (χ1) is 12.5. The van der Waals surface area contributed by atoms with Crippen LogP contribution in [0.15, 0.2) is 40.8 Å². The van der Waals surface area contributed by atoms with Crippen LogP contribution in [0, 0.1) is 13.8 Å². The number of hydrazine groups is 1. The number of rotatable bonds is 2. The van der Waals surface area contributed by atoms with Crippen LogP contribution in [-0.2, 0) is 12.8 Å². The fraction of sp³-hybridized carbons (Fsp3) is 0.200. The van der Waals surface area contributed by atoms with Crippen molar-refractivity contribution in [3.05, 3.63) is 69.5 Å². The number of fused-ring (bicyclic) bond motifs is 3. The van der Waals surface area contributed by atoms with Crippen molar-refractivity contribution >= 4 is 23.2 Å². The second-order valence-electron chi connectivity index (χ2n) is 6.36. The van der Waals surface area contributed by atoms with E-state index < -0.39 is 0 Å². The first kappa shape index (κ1) is 16.6. The summed E-state index contributed by atoms with van der Waals surface area (Å²) in [5.74, 6) is 0.480. The lowest BCUT2D eigenvalue weighted by molar-refractivity contribution is 0.0848. The van der Waals surface area contributed by atoms with Gasteiger partial charge in [0.25, 0.3) is 11.8 Å². The molecule has 2 aromatic heterocycles. The lowest BCUT2D eigenvalue weighted by Crippen LogP contribution is -2.41. The molecule has 0 aliphatic heterocycles. The van der Waals surface area contributed by atoms with Crippen LogP contribution in [0.4, 0.5) is 0 Å². The largest absolute Gasteiger partial charge is 0.466 e. The third-order valence-corrected chi connectivity index (χ3v) is 5.74. The molecule has 0 saturated carbocycles. The predicted molar refractivity (Wildman–Crippen MR) is 100 cm³/mol. The third-order valence-electron chi connectivity index (χ3n) is 4.53. The smallest absolute Gasteiger partial charge is 0.279 e. The molecule has 1 aromatic carbocycles. The molecule has 6 heteroatoms. The Morgan fingerprint density at radius 1 is 1.00 bits per heavy atom. The topological polar surface area (TPSA) is 71.3 Å². The van der Waals surface area contributed by atoms with Crippen molar-refractivity contribution in [1.29, 1.82) is 0 Å². The predicted octanol–water partition coefficient (Wildman–Crippen LogP) is 3.80. The van der Waals surface area contributed by atoms with Crippen LogP contribution in [0.2, 0.25) is 0 Å². The number of hydrogen-bond donors (Lipinski definition) is 2. The quantitative estimate of drug-likeness (QED) is 0.678. The Kier molecular flexibility index (Phi) is 4.12. The lowest BCUT2D eigenvalue weighted by Gasteiger charge is -2.15. The minimum absolute atomic E-state index is 0.312. The Balaban J connectivity index is 1.49. The van der Waals surface area contributed by atoms with Crippen molar-refractivity contribution < 1.29 is 14.0 Å². The van der Waals surface area contributed by atoms with Crippen molar-refractivity contribution in [3.63, 3.8) is 0 Å². The van der Waals surface area contributed by atoms with E-state index in [1.54, 1.807) is 19.9 Å². The second kappa shape index (κ2) is 6.46. The van der Waals surface area contributed by atoms with Crippen LogP contribution < -0.4 is 10.9 Å². The molecule has 1 aliphatic rings. The molecule has 5 nitrogen and oxygen atoms in total. The highest BCUT2D eigenvalue weighted by Crippen LogP contribution is 2.39. The van der Waals surface area contributed by atoms with E-state index in [9.17, 15) is 9.59 Å².